The summed E-state index contributed by atoms with van der Waals surface area (Å²) in [7, 11) is 0. The lowest BCUT2D eigenvalue weighted by Gasteiger charge is -2.14. The Morgan fingerprint density at radius 3 is 0.891 bits per heavy atom. The molecule has 544 valence electrons. The number of fused-ring (bicyclic) bond motifs is 21. The van der Waals surface area contributed by atoms with Crippen LogP contribution in [0.3, 0.4) is 0 Å². The van der Waals surface area contributed by atoms with Gasteiger partial charge in [-0.3, -0.25) is 4.79 Å². The van der Waals surface area contributed by atoms with Gasteiger partial charge in [-0.25, -0.2) is 4.79 Å². The fraction of sp³-hybridized carbons (Fsp3) is 0.125. The third kappa shape index (κ3) is 14.3. The van der Waals surface area contributed by atoms with Crippen molar-refractivity contribution in [3.8, 4) is 34.5 Å². The van der Waals surface area contributed by atoms with Gasteiger partial charge in [0, 0.05) is 82.6 Å². The second kappa shape index (κ2) is 31.6. The summed E-state index contributed by atoms with van der Waals surface area (Å²) in [5, 5.41) is 60.5. The Labute approximate surface area is 633 Å². The Morgan fingerprint density at radius 1 is 0.318 bits per heavy atom. The van der Waals surface area contributed by atoms with Crippen LogP contribution in [0.25, 0.3) is 130 Å². The number of ether oxygens (including phenoxy) is 5. The molecule has 0 aliphatic rings. The molecule has 0 aliphatic carbocycles. The predicted octanol–water partition coefficient (Wildman–Crippen LogP) is 20.6. The number of hydrogen-bond donors (Lipinski definition) is 4. The molecule has 3 heterocycles. The van der Waals surface area contributed by atoms with Crippen LogP contribution in [0, 0.1) is 0 Å². The molecule has 18 rings (SSSR count). The number of aromatic hydroxyl groups is 2. The number of phenols is 2. The highest BCUT2D eigenvalue weighted by Gasteiger charge is 2.22. The van der Waals surface area contributed by atoms with Crippen molar-refractivity contribution in [3.05, 3.63) is 315 Å². The monoisotopic (exact) mass is 1450 g/mol. The molecule has 0 spiro atoms. The maximum atomic E-state index is 11.7. The first-order valence-electron chi connectivity index (χ1n) is 36.9. The maximum absolute atomic E-state index is 11.7. The van der Waals surface area contributed by atoms with Crippen LogP contribution in [0.1, 0.15) is 29.5 Å². The first-order chi connectivity index (χ1) is 54.0. The minimum Gasteiger partial charge on any atom is -0.508 e. The fourth-order valence-electron chi connectivity index (χ4n) is 15.7. The molecule has 0 amide bonds. The molecule has 0 atom stereocenters. The predicted molar refractivity (Wildman–Crippen MR) is 445 cm³/mol. The Morgan fingerprint density at radius 2 is 0.600 bits per heavy atom. The molecule has 18 aromatic rings. The Bertz CT molecular complexity index is 6210. The van der Waals surface area contributed by atoms with Gasteiger partial charge in [-0.05, 0) is 167 Å². The largest absolute Gasteiger partial charge is 0.508 e. The molecule has 14 nitrogen and oxygen atoms in total. The zero-order valence-corrected chi connectivity index (χ0v) is 60.5. The number of esters is 1. The zero-order chi connectivity index (χ0) is 75.2. The molecule has 15 aromatic carbocycles. The third-order valence-corrected chi connectivity index (χ3v) is 20.3. The Balaban J connectivity index is 0.000000127. The quantitative estimate of drug-likeness (QED) is 0.0272. The van der Waals surface area contributed by atoms with Crippen molar-refractivity contribution in [1.29, 1.82) is 0 Å². The molecule has 110 heavy (non-hydrogen) atoms. The normalized spacial score (nSPS) is 11.5. The van der Waals surface area contributed by atoms with Gasteiger partial charge in [-0.15, -0.1) is 0 Å². The summed E-state index contributed by atoms with van der Waals surface area (Å²) in [5.41, 5.74) is 9.75. The van der Waals surface area contributed by atoms with Gasteiger partial charge in [-0.1, -0.05) is 195 Å². The number of ketones is 1. The molecule has 0 saturated heterocycles. The standard InChI is InChI=1S/C38H33NO5.C31H27NO4.C27H19NO2/c1-3-29(40)12-9-19-42-30-22-26(23-31(24-30)43-20-21-44-36(41)4-2)25-39-34-17-15-27-10-5-7-13-32(27)37(34)38-33-14-8-6-11-28(33)16-18-35(38)39;33-13-15-35-24-17-21(18-25(19-24)36-16-14-34)20-32-28-11-9-22-5-1-3-7-26(22)30(28)31-27-8-4-2-6-23(27)10-12-29(31)32;29-20-13-17(14-21(30)15-20)16-28-24-11-9-18-5-1-3-7-22(18)26(24)27-23-8-4-2-6-19(23)10-12-25(27)28/h3-8,10-11,13-18,22-24H,1-2,9,12,19-21,25H2;1-12,17-19,33-34H,13-16,20H2;1-15,29-30H,16H2. The minimum atomic E-state index is -0.494. The average Bonchev–Trinajstić information content (AvgIpc) is 1.58. The van der Waals surface area contributed by atoms with Gasteiger partial charge in [0.25, 0.3) is 0 Å². The van der Waals surface area contributed by atoms with Gasteiger partial charge in [-0.2, -0.15) is 0 Å². The first-order valence-corrected chi connectivity index (χ1v) is 36.9. The number of aliphatic hydroxyl groups is 2. The lowest BCUT2D eigenvalue weighted by molar-refractivity contribution is -0.138. The molecule has 14 heteroatoms. The number of rotatable bonds is 23. The van der Waals surface area contributed by atoms with Crippen molar-refractivity contribution in [3.63, 3.8) is 0 Å². The van der Waals surface area contributed by atoms with Crippen LogP contribution in [0.4, 0.5) is 0 Å². The number of hydrogen-bond acceptors (Lipinski definition) is 11. The van der Waals surface area contributed by atoms with Gasteiger partial charge < -0.3 is 57.8 Å². The van der Waals surface area contributed by atoms with E-state index >= 15 is 0 Å². The van der Waals surface area contributed by atoms with Crippen LogP contribution in [-0.4, -0.2) is 92.1 Å². The molecule has 3 aromatic heterocycles. The molecule has 0 fully saturated rings. The number of carbonyl (C=O) groups is 2. The fourth-order valence-corrected chi connectivity index (χ4v) is 15.7. The van der Waals surface area contributed by atoms with Gasteiger partial charge in [0.1, 0.15) is 60.9 Å². The van der Waals surface area contributed by atoms with E-state index in [0.717, 1.165) is 44.8 Å². The Kier molecular flexibility index (Phi) is 20.3. The number of aromatic nitrogens is 3. The van der Waals surface area contributed by atoms with E-state index in [9.17, 15) is 30.0 Å². The van der Waals surface area contributed by atoms with Crippen LogP contribution < -0.4 is 18.9 Å². The molecule has 0 radical (unpaired) electrons. The van der Waals surface area contributed by atoms with Crippen LogP contribution in [-0.2, 0) is 34.0 Å². The highest BCUT2D eigenvalue weighted by molar-refractivity contribution is 6.30. The van der Waals surface area contributed by atoms with Gasteiger partial charge in [0.05, 0.1) is 52.9 Å². The number of allylic oxidation sites excluding steroid dienone is 1. The second-order valence-electron chi connectivity index (χ2n) is 27.3. The molecule has 4 N–H and O–H groups in total. The van der Waals surface area contributed by atoms with E-state index in [-0.39, 0.29) is 56.9 Å². The highest BCUT2D eigenvalue weighted by atomic mass is 16.6. The lowest BCUT2D eigenvalue weighted by Crippen LogP contribution is -2.10. The smallest absolute Gasteiger partial charge is 0.330 e. The van der Waals surface area contributed by atoms with E-state index in [1.807, 2.05) is 30.3 Å². The van der Waals surface area contributed by atoms with Crippen molar-refractivity contribution in [2.24, 2.45) is 0 Å². The van der Waals surface area contributed by atoms with E-state index in [1.54, 1.807) is 18.2 Å². The number of benzene rings is 15. The molecule has 0 bridgehead atoms. The lowest BCUT2D eigenvalue weighted by atomic mass is 10.00. The van der Waals surface area contributed by atoms with Crippen molar-refractivity contribution >= 4 is 142 Å². The summed E-state index contributed by atoms with van der Waals surface area (Å²) in [4.78, 5) is 23.1. The maximum Gasteiger partial charge on any atom is 0.330 e. The van der Waals surface area contributed by atoms with Gasteiger partial charge in [0.15, 0.2) is 5.78 Å². The van der Waals surface area contributed by atoms with Crippen molar-refractivity contribution < 1.29 is 53.7 Å². The van der Waals surface area contributed by atoms with Crippen LogP contribution in [0.5, 0.6) is 34.5 Å². The SMILES string of the molecule is C=CC(=O)CCCOc1cc(Cn2c3ccc4ccccc4c3c3c4ccccc4ccc32)cc(OCCOC(=O)C=C)c1.OCCOc1cc(Cn2c3ccc4ccccc4c3c3c4ccccc4ccc32)cc(OCCO)c1.Oc1cc(O)cc(Cn2c3ccc4ccccc4c3c3c4ccccc4ccc32)c1. The molecular formula is C96H79N3O11. The van der Waals surface area contributed by atoms with E-state index in [0.29, 0.717) is 62.1 Å². The second-order valence-corrected chi connectivity index (χ2v) is 27.3. The molecule has 0 unspecified atom stereocenters. The molecule has 0 aliphatic heterocycles. The minimum absolute atomic E-state index is 0.00754. The number of phenolic OH excluding ortho intramolecular Hbond substituents is 2. The summed E-state index contributed by atoms with van der Waals surface area (Å²) in [6, 6.07) is 93.7. The molecule has 0 saturated carbocycles. The zero-order valence-electron chi connectivity index (χ0n) is 60.5. The van der Waals surface area contributed by atoms with Crippen molar-refractivity contribution in [2.75, 3.05) is 46.2 Å². The Hall–Kier alpha value is -13.4. The van der Waals surface area contributed by atoms with E-state index < -0.39 is 5.97 Å². The topological polar surface area (TPSA) is 176 Å². The van der Waals surface area contributed by atoms with Crippen molar-refractivity contribution in [1.82, 2.24) is 13.7 Å². The highest BCUT2D eigenvalue weighted by Crippen LogP contribution is 2.44. The van der Waals surface area contributed by atoms with Gasteiger partial charge in [0.2, 0.25) is 0 Å². The number of carbonyl (C=O) groups excluding carboxylic acids is 2. The summed E-state index contributed by atoms with van der Waals surface area (Å²) in [6.07, 6.45) is 3.42. The summed E-state index contributed by atoms with van der Waals surface area (Å²) in [5.74, 6) is 2.15. The van der Waals surface area contributed by atoms with E-state index in [2.05, 4.69) is 245 Å². The van der Waals surface area contributed by atoms with E-state index in [4.69, 9.17) is 23.7 Å². The van der Waals surface area contributed by atoms with Gasteiger partial charge >= 0.3 is 5.97 Å². The molecular weight excluding hydrogens is 1370 g/mol. The van der Waals surface area contributed by atoms with Crippen LogP contribution >= 0.6 is 0 Å². The van der Waals surface area contributed by atoms with E-state index in [1.165, 1.54) is 120 Å². The van der Waals surface area contributed by atoms with Crippen LogP contribution in [0.15, 0.2) is 298 Å². The first kappa shape index (κ1) is 70.9. The third-order valence-electron chi connectivity index (χ3n) is 20.3. The average molecular weight is 1450 g/mol. The number of nitrogens with zero attached hydrogens (tertiary/aromatic N) is 3. The summed E-state index contributed by atoms with van der Waals surface area (Å²) >= 11 is 0. The van der Waals surface area contributed by atoms with Crippen LogP contribution in [0.2, 0.25) is 0 Å². The summed E-state index contributed by atoms with van der Waals surface area (Å²) < 4.78 is 35.6. The number of aliphatic hydroxyl groups excluding tert-OH is 2. The van der Waals surface area contributed by atoms with Crippen molar-refractivity contribution in [2.45, 2.75) is 32.5 Å². The summed E-state index contributed by atoms with van der Waals surface area (Å²) in [6.45, 7) is 9.65.